The van der Waals surface area contributed by atoms with E-state index in [4.69, 9.17) is 9.47 Å². The minimum atomic E-state index is -3.61. The number of nitrogens with zero attached hydrogens (tertiary/aromatic N) is 2. The van der Waals surface area contributed by atoms with Gasteiger partial charge in [0.15, 0.2) is 11.5 Å². The van der Waals surface area contributed by atoms with E-state index in [1.807, 2.05) is 37.3 Å². The second-order valence-electron chi connectivity index (χ2n) is 10.9. The van der Waals surface area contributed by atoms with Crippen molar-refractivity contribution in [3.8, 4) is 11.5 Å². The molecule has 4 rings (SSSR count). The Hall–Kier alpha value is -3.27. The predicted octanol–water partition coefficient (Wildman–Crippen LogP) is 4.30. The fourth-order valence-corrected chi connectivity index (χ4v) is 6.59. The lowest BCUT2D eigenvalue weighted by atomic mass is 9.95. The number of sulfonamides is 1. The molecule has 0 bridgehead atoms. The van der Waals surface area contributed by atoms with Crippen LogP contribution < -0.4 is 19.1 Å². The van der Waals surface area contributed by atoms with Crippen LogP contribution >= 0.6 is 0 Å². The summed E-state index contributed by atoms with van der Waals surface area (Å²) in [5.74, 6) is 0.826. The lowest BCUT2D eigenvalue weighted by Gasteiger charge is -2.33. The Morgan fingerprint density at radius 1 is 0.976 bits per heavy atom. The van der Waals surface area contributed by atoms with Crippen molar-refractivity contribution >= 4 is 27.5 Å². The van der Waals surface area contributed by atoms with E-state index in [0.717, 1.165) is 37.5 Å². The first-order chi connectivity index (χ1) is 19.8. The van der Waals surface area contributed by atoms with Gasteiger partial charge in [-0.25, -0.2) is 8.42 Å². The first-order valence-electron chi connectivity index (χ1n) is 14.8. The molecule has 2 aliphatic rings. The number of carbonyl (C=O) groups excluding carboxylic acids is 2. The van der Waals surface area contributed by atoms with Gasteiger partial charge in [-0.15, -0.1) is 0 Å². The van der Waals surface area contributed by atoms with Crippen LogP contribution in [0.15, 0.2) is 48.5 Å². The lowest BCUT2D eigenvalue weighted by Crippen LogP contribution is -2.52. The minimum Gasteiger partial charge on any atom is -0.486 e. The molecule has 2 amide bonds. The maximum absolute atomic E-state index is 13.7. The zero-order valence-electron chi connectivity index (χ0n) is 24.2. The van der Waals surface area contributed by atoms with Crippen LogP contribution in [0.4, 0.5) is 5.69 Å². The third-order valence-corrected chi connectivity index (χ3v) is 8.98. The zero-order valence-corrected chi connectivity index (χ0v) is 25.0. The molecule has 10 heteroatoms. The van der Waals surface area contributed by atoms with Gasteiger partial charge in [0.1, 0.15) is 19.3 Å². The Kier molecular flexibility index (Phi) is 10.9. The van der Waals surface area contributed by atoms with Crippen LogP contribution in [-0.4, -0.2) is 69.8 Å². The van der Waals surface area contributed by atoms with E-state index in [2.05, 4.69) is 5.32 Å². The number of nitrogens with one attached hydrogen (secondary N) is 1. The van der Waals surface area contributed by atoms with Crippen LogP contribution in [0.1, 0.15) is 63.9 Å². The first-order valence-corrected chi connectivity index (χ1v) is 16.6. The summed E-state index contributed by atoms with van der Waals surface area (Å²) >= 11 is 0. The van der Waals surface area contributed by atoms with Gasteiger partial charge in [-0.2, -0.15) is 0 Å². The Bertz CT molecular complexity index is 1260. The van der Waals surface area contributed by atoms with Crippen molar-refractivity contribution in [2.75, 3.05) is 36.9 Å². The molecule has 41 heavy (non-hydrogen) atoms. The molecular weight excluding hydrogens is 542 g/mol. The van der Waals surface area contributed by atoms with Crippen LogP contribution in [0.25, 0.3) is 0 Å². The highest BCUT2D eigenvalue weighted by Gasteiger charge is 2.30. The number of benzene rings is 2. The minimum absolute atomic E-state index is 0.102. The summed E-state index contributed by atoms with van der Waals surface area (Å²) in [5.41, 5.74) is 1.55. The molecule has 1 saturated carbocycles. The molecule has 1 N–H and O–H groups in total. The monoisotopic (exact) mass is 585 g/mol. The Morgan fingerprint density at radius 3 is 2.37 bits per heavy atom. The molecular formula is C31H43N3O6S. The maximum atomic E-state index is 13.7. The van der Waals surface area contributed by atoms with Gasteiger partial charge in [-0.05, 0) is 49.8 Å². The normalized spacial score (nSPS) is 16.0. The summed E-state index contributed by atoms with van der Waals surface area (Å²) in [4.78, 5) is 28.8. The second-order valence-corrected chi connectivity index (χ2v) is 12.8. The predicted molar refractivity (Wildman–Crippen MR) is 160 cm³/mol. The molecule has 2 aromatic carbocycles. The summed E-state index contributed by atoms with van der Waals surface area (Å²) in [6.07, 6.45) is 8.09. The van der Waals surface area contributed by atoms with Crippen molar-refractivity contribution < 1.29 is 27.5 Å². The first kappa shape index (κ1) is 30.7. The topological polar surface area (TPSA) is 105 Å². The van der Waals surface area contributed by atoms with Crippen LogP contribution in [0.3, 0.4) is 0 Å². The largest absolute Gasteiger partial charge is 0.486 e. The van der Waals surface area contributed by atoms with E-state index in [0.29, 0.717) is 56.2 Å². The van der Waals surface area contributed by atoms with Gasteiger partial charge >= 0.3 is 0 Å². The number of ether oxygens (including phenoxy) is 2. The maximum Gasteiger partial charge on any atom is 0.243 e. The summed E-state index contributed by atoms with van der Waals surface area (Å²) in [5, 5.41) is 3.20. The molecule has 1 unspecified atom stereocenters. The SMILES string of the molecule is CCC(C(=O)NC1CCCCC1)N(CCc1ccccc1)C(=O)CCCN(c1ccc2c(c1)OCCO2)S(C)(=O)=O. The number of carbonyl (C=O) groups is 2. The molecule has 2 aromatic rings. The molecule has 1 atom stereocenters. The zero-order chi connectivity index (χ0) is 29.2. The summed E-state index contributed by atoms with van der Waals surface area (Å²) in [6.45, 7) is 3.32. The molecule has 1 aliphatic carbocycles. The quantitative estimate of drug-likeness (QED) is 0.376. The van der Waals surface area contributed by atoms with Crippen molar-refractivity contribution in [3.05, 3.63) is 54.1 Å². The van der Waals surface area contributed by atoms with Gasteiger partial charge < -0.3 is 19.7 Å². The number of rotatable bonds is 13. The number of fused-ring (bicyclic) bond motifs is 1. The molecule has 0 radical (unpaired) electrons. The highest BCUT2D eigenvalue weighted by atomic mass is 32.2. The molecule has 9 nitrogen and oxygen atoms in total. The van der Waals surface area contributed by atoms with E-state index in [-0.39, 0.29) is 30.8 Å². The van der Waals surface area contributed by atoms with Gasteiger partial charge in [0, 0.05) is 31.6 Å². The van der Waals surface area contributed by atoms with Crippen molar-refractivity contribution in [3.63, 3.8) is 0 Å². The van der Waals surface area contributed by atoms with Crippen molar-refractivity contribution in [1.29, 1.82) is 0 Å². The Balaban J connectivity index is 1.45. The van der Waals surface area contributed by atoms with Crippen molar-refractivity contribution in [2.45, 2.75) is 76.8 Å². The summed E-state index contributed by atoms with van der Waals surface area (Å²) in [6, 6.07) is 14.5. The highest BCUT2D eigenvalue weighted by Crippen LogP contribution is 2.34. The molecule has 0 spiro atoms. The van der Waals surface area contributed by atoms with Crippen LogP contribution in [0.2, 0.25) is 0 Å². The van der Waals surface area contributed by atoms with Crippen molar-refractivity contribution in [1.82, 2.24) is 10.2 Å². The van der Waals surface area contributed by atoms with Crippen molar-refractivity contribution in [2.24, 2.45) is 0 Å². The van der Waals surface area contributed by atoms with Crippen LogP contribution in [-0.2, 0) is 26.0 Å². The van der Waals surface area contributed by atoms with E-state index < -0.39 is 16.1 Å². The third-order valence-electron chi connectivity index (χ3n) is 7.79. The molecule has 1 aliphatic heterocycles. The Labute approximate surface area is 244 Å². The molecule has 0 aromatic heterocycles. The third kappa shape index (κ3) is 8.61. The number of hydrogen-bond donors (Lipinski definition) is 1. The second kappa shape index (κ2) is 14.6. The Morgan fingerprint density at radius 2 is 1.68 bits per heavy atom. The van der Waals surface area contributed by atoms with Gasteiger partial charge in [0.25, 0.3) is 0 Å². The van der Waals surface area contributed by atoms with Gasteiger partial charge in [-0.3, -0.25) is 13.9 Å². The summed E-state index contributed by atoms with van der Waals surface area (Å²) in [7, 11) is -3.61. The molecule has 224 valence electrons. The van der Waals surface area contributed by atoms with E-state index in [1.165, 1.54) is 10.7 Å². The standard InChI is InChI=1S/C31H43N3O6S/c1-3-27(31(36)32-25-13-8-5-9-14-25)33(20-18-24-11-6-4-7-12-24)30(35)15-10-19-34(41(2,37)38)26-16-17-28-29(23-26)40-22-21-39-28/h4,6-7,11-12,16-17,23,25,27H,3,5,8-10,13-15,18-22H2,1-2H3,(H,32,36). The smallest absolute Gasteiger partial charge is 0.243 e. The van der Waals surface area contributed by atoms with Gasteiger partial charge in [-0.1, -0.05) is 56.5 Å². The van der Waals surface area contributed by atoms with Crippen LogP contribution in [0, 0.1) is 0 Å². The summed E-state index contributed by atoms with van der Waals surface area (Å²) < 4.78 is 37.9. The average Bonchev–Trinajstić information content (AvgIpc) is 2.97. The van der Waals surface area contributed by atoms with E-state index >= 15 is 0 Å². The van der Waals surface area contributed by atoms with Gasteiger partial charge in [0.05, 0.1) is 11.9 Å². The fraction of sp³-hybridized carbons (Fsp3) is 0.548. The fourth-order valence-electron chi connectivity index (χ4n) is 5.63. The molecule has 1 heterocycles. The molecule has 0 saturated heterocycles. The number of hydrogen-bond acceptors (Lipinski definition) is 6. The number of anilines is 1. The van der Waals surface area contributed by atoms with E-state index in [1.54, 1.807) is 23.1 Å². The average molecular weight is 586 g/mol. The van der Waals surface area contributed by atoms with Crippen LogP contribution in [0.5, 0.6) is 11.5 Å². The molecule has 1 fully saturated rings. The lowest BCUT2D eigenvalue weighted by molar-refractivity contribution is -0.141. The van der Waals surface area contributed by atoms with Gasteiger partial charge in [0.2, 0.25) is 21.8 Å². The van der Waals surface area contributed by atoms with E-state index in [9.17, 15) is 18.0 Å². The number of amides is 2. The highest BCUT2D eigenvalue weighted by molar-refractivity contribution is 7.92.